The Hall–Kier alpha value is -0.670. The van der Waals surface area contributed by atoms with Crippen molar-refractivity contribution in [3.05, 3.63) is 35.9 Å². The van der Waals surface area contributed by atoms with Crippen LogP contribution in [0.2, 0.25) is 0 Å². The first-order valence-corrected chi connectivity index (χ1v) is 5.86. The van der Waals surface area contributed by atoms with Gasteiger partial charge in [-0.25, -0.2) is 0 Å². The number of benzene rings is 1. The summed E-state index contributed by atoms with van der Waals surface area (Å²) < 4.78 is 16.8. The van der Waals surface area contributed by atoms with E-state index >= 15 is 0 Å². The topological polar surface area (TPSA) is 26.3 Å². The second-order valence-corrected chi connectivity index (χ2v) is 4.70. The van der Waals surface area contributed by atoms with Crippen molar-refractivity contribution in [2.45, 2.75) is 6.10 Å². The van der Waals surface area contributed by atoms with E-state index in [2.05, 4.69) is 0 Å². The predicted octanol–water partition coefficient (Wildman–Crippen LogP) is 1.51. The van der Waals surface area contributed by atoms with Crippen molar-refractivity contribution in [2.24, 2.45) is 0 Å². The second kappa shape index (κ2) is 4.03. The average molecular weight is 196 g/mol. The molecule has 2 atom stereocenters. The molecule has 0 radical (unpaired) electrons. The molecule has 70 valence electrons. The van der Waals surface area contributed by atoms with Crippen LogP contribution in [-0.4, -0.2) is 22.3 Å². The molecule has 1 saturated heterocycles. The fraction of sp³-hybridized carbons (Fsp3) is 0.400. The molecular formula is C10H12O2S. The van der Waals surface area contributed by atoms with Crippen LogP contribution in [0.4, 0.5) is 0 Å². The molecule has 0 N–H and O–H groups in total. The Kier molecular flexibility index (Phi) is 2.76. The van der Waals surface area contributed by atoms with Gasteiger partial charge in [0.2, 0.25) is 0 Å². The van der Waals surface area contributed by atoms with Crippen molar-refractivity contribution >= 4 is 10.8 Å². The molecule has 0 aromatic heterocycles. The maximum atomic E-state index is 11.3. The van der Waals surface area contributed by atoms with Crippen LogP contribution in [-0.2, 0) is 15.5 Å². The summed E-state index contributed by atoms with van der Waals surface area (Å²) in [6.45, 7) is 0.617. The van der Waals surface area contributed by atoms with Gasteiger partial charge in [0.05, 0.1) is 18.5 Å². The van der Waals surface area contributed by atoms with E-state index in [1.54, 1.807) is 0 Å². The summed E-state index contributed by atoms with van der Waals surface area (Å²) in [5.74, 6) is 1.33. The van der Waals surface area contributed by atoms with Gasteiger partial charge in [-0.1, -0.05) is 30.3 Å². The zero-order valence-electron chi connectivity index (χ0n) is 7.31. The number of hydrogen-bond acceptors (Lipinski definition) is 2. The van der Waals surface area contributed by atoms with Gasteiger partial charge >= 0.3 is 0 Å². The maximum absolute atomic E-state index is 11.3. The molecule has 1 aliphatic heterocycles. The molecule has 0 aliphatic carbocycles. The fourth-order valence-corrected chi connectivity index (χ4v) is 2.52. The van der Waals surface area contributed by atoms with Crippen molar-refractivity contribution in [1.29, 1.82) is 0 Å². The van der Waals surface area contributed by atoms with Crippen LogP contribution in [0.1, 0.15) is 11.7 Å². The maximum Gasteiger partial charge on any atom is 0.0940 e. The summed E-state index contributed by atoms with van der Waals surface area (Å²) in [4.78, 5) is 0. The lowest BCUT2D eigenvalue weighted by Crippen LogP contribution is -2.24. The van der Waals surface area contributed by atoms with Crippen molar-refractivity contribution in [3.63, 3.8) is 0 Å². The summed E-state index contributed by atoms with van der Waals surface area (Å²) in [5, 5.41) is 0. The highest BCUT2D eigenvalue weighted by atomic mass is 32.2. The monoisotopic (exact) mass is 196 g/mol. The molecule has 3 heteroatoms. The minimum absolute atomic E-state index is 0.0378. The van der Waals surface area contributed by atoms with Gasteiger partial charge in [-0.15, -0.1) is 0 Å². The highest BCUT2D eigenvalue weighted by Crippen LogP contribution is 2.21. The molecule has 2 nitrogen and oxygen atoms in total. The third kappa shape index (κ3) is 2.17. The van der Waals surface area contributed by atoms with Crippen molar-refractivity contribution in [2.75, 3.05) is 18.1 Å². The van der Waals surface area contributed by atoms with Crippen LogP contribution in [0.3, 0.4) is 0 Å². The minimum Gasteiger partial charge on any atom is -0.372 e. The van der Waals surface area contributed by atoms with Crippen LogP contribution in [0.5, 0.6) is 0 Å². The van der Waals surface area contributed by atoms with Gasteiger partial charge in [0.1, 0.15) is 0 Å². The largest absolute Gasteiger partial charge is 0.372 e. The molecule has 0 spiro atoms. The first kappa shape index (κ1) is 8.91. The van der Waals surface area contributed by atoms with E-state index in [1.165, 1.54) is 0 Å². The molecule has 1 aromatic carbocycles. The molecule has 1 unspecified atom stereocenters. The molecule has 0 bridgehead atoms. The lowest BCUT2D eigenvalue weighted by Gasteiger charge is -2.22. The number of rotatable bonds is 1. The standard InChI is InChI=1S/C10H12O2S/c11-13-7-6-12-10(8-13)9-4-2-1-3-5-9/h1-5,10H,6-8H2/t10-,13?/m1/s1. The van der Waals surface area contributed by atoms with Crippen LogP contribution >= 0.6 is 0 Å². The molecular weight excluding hydrogens is 184 g/mol. The Labute approximate surface area is 80.4 Å². The van der Waals surface area contributed by atoms with E-state index in [4.69, 9.17) is 4.74 Å². The number of ether oxygens (including phenoxy) is 1. The Bertz CT molecular complexity index is 297. The van der Waals surface area contributed by atoms with Crippen molar-refractivity contribution < 1.29 is 8.95 Å². The van der Waals surface area contributed by atoms with E-state index in [-0.39, 0.29) is 6.10 Å². The lowest BCUT2D eigenvalue weighted by atomic mass is 10.1. The van der Waals surface area contributed by atoms with E-state index in [1.807, 2.05) is 30.3 Å². The molecule has 1 aromatic rings. The van der Waals surface area contributed by atoms with Gasteiger partial charge in [-0.2, -0.15) is 0 Å². The summed E-state index contributed by atoms with van der Waals surface area (Å²) >= 11 is 0. The Morgan fingerprint density at radius 1 is 1.31 bits per heavy atom. The molecule has 13 heavy (non-hydrogen) atoms. The summed E-state index contributed by atoms with van der Waals surface area (Å²) in [5.41, 5.74) is 1.13. The van der Waals surface area contributed by atoms with E-state index in [0.717, 1.165) is 5.56 Å². The highest BCUT2D eigenvalue weighted by molar-refractivity contribution is 7.85. The van der Waals surface area contributed by atoms with Gasteiger partial charge in [-0.3, -0.25) is 4.21 Å². The summed E-state index contributed by atoms with van der Waals surface area (Å²) in [6, 6.07) is 9.98. The van der Waals surface area contributed by atoms with Crippen LogP contribution in [0.15, 0.2) is 30.3 Å². The van der Waals surface area contributed by atoms with E-state index in [9.17, 15) is 4.21 Å². The normalized spacial score (nSPS) is 28.6. The first-order chi connectivity index (χ1) is 6.36. The van der Waals surface area contributed by atoms with E-state index in [0.29, 0.717) is 18.1 Å². The first-order valence-electron chi connectivity index (χ1n) is 4.38. The highest BCUT2D eigenvalue weighted by Gasteiger charge is 2.19. The second-order valence-electron chi connectivity index (χ2n) is 3.08. The van der Waals surface area contributed by atoms with Gasteiger partial charge < -0.3 is 4.74 Å². The molecule has 1 fully saturated rings. The predicted molar refractivity (Wildman–Crippen MR) is 53.0 cm³/mol. The van der Waals surface area contributed by atoms with Crippen LogP contribution < -0.4 is 0 Å². The molecule has 0 saturated carbocycles. The third-order valence-corrected chi connectivity index (χ3v) is 3.44. The van der Waals surface area contributed by atoms with E-state index < -0.39 is 10.8 Å². The number of hydrogen-bond donors (Lipinski definition) is 0. The van der Waals surface area contributed by atoms with Crippen LogP contribution in [0.25, 0.3) is 0 Å². The van der Waals surface area contributed by atoms with Gasteiger partial charge in [0.25, 0.3) is 0 Å². The SMILES string of the molecule is O=S1CCO[C@@H](c2ccccc2)C1. The fourth-order valence-electron chi connectivity index (χ4n) is 1.44. The molecule has 1 aliphatic rings. The summed E-state index contributed by atoms with van der Waals surface area (Å²) in [7, 11) is -0.696. The van der Waals surface area contributed by atoms with Gasteiger partial charge in [0, 0.05) is 16.6 Å². The lowest BCUT2D eigenvalue weighted by molar-refractivity contribution is 0.0737. The van der Waals surface area contributed by atoms with Gasteiger partial charge in [0.15, 0.2) is 0 Å². The smallest absolute Gasteiger partial charge is 0.0940 e. The third-order valence-electron chi connectivity index (χ3n) is 2.14. The quantitative estimate of drug-likeness (QED) is 0.680. The van der Waals surface area contributed by atoms with Gasteiger partial charge in [-0.05, 0) is 5.56 Å². The molecule has 2 rings (SSSR count). The Morgan fingerprint density at radius 3 is 2.77 bits per heavy atom. The Balaban J connectivity index is 2.13. The zero-order chi connectivity index (χ0) is 9.10. The van der Waals surface area contributed by atoms with Crippen molar-refractivity contribution in [3.8, 4) is 0 Å². The van der Waals surface area contributed by atoms with Crippen molar-refractivity contribution in [1.82, 2.24) is 0 Å². The average Bonchev–Trinajstić information content (AvgIpc) is 2.19. The molecule has 1 heterocycles. The minimum atomic E-state index is -0.696. The van der Waals surface area contributed by atoms with Crippen LogP contribution in [0, 0.1) is 0 Å². The zero-order valence-corrected chi connectivity index (χ0v) is 8.13. The summed E-state index contributed by atoms with van der Waals surface area (Å²) in [6.07, 6.45) is 0.0378. The Morgan fingerprint density at radius 2 is 2.08 bits per heavy atom. The molecule has 0 amide bonds.